The first-order valence-corrected chi connectivity index (χ1v) is 15.6. The third-order valence-electron chi connectivity index (χ3n) is 5.74. The molecule has 4 atom stereocenters. The molecule has 14 nitrogen and oxygen atoms in total. The number of nitrogens with zero attached hydrogens (tertiary/aromatic N) is 2. The summed E-state index contributed by atoms with van der Waals surface area (Å²) < 4.78 is 31.5. The number of amides is 1. The predicted octanol–water partition coefficient (Wildman–Crippen LogP) is 1.50. The Morgan fingerprint density at radius 2 is 1.86 bits per heavy atom. The zero-order chi connectivity index (χ0) is 31.3. The second kappa shape index (κ2) is 17.0. The smallest absolute Gasteiger partial charge is 0.395 e. The maximum atomic E-state index is 13.6. The first kappa shape index (κ1) is 35.7. The molecule has 16 heteroatoms. The second-order valence-corrected chi connectivity index (χ2v) is 12.8. The van der Waals surface area contributed by atoms with Crippen LogP contribution in [0.2, 0.25) is 0 Å². The molecule has 0 bridgehead atoms. The van der Waals surface area contributed by atoms with Crippen LogP contribution in [0, 0.1) is 5.41 Å². The number of benzene rings is 1. The molecule has 1 heterocycles. The monoisotopic (exact) mass is 630 g/mol. The number of thioether (sulfide) groups is 1. The van der Waals surface area contributed by atoms with Crippen molar-refractivity contribution >= 4 is 36.3 Å². The van der Waals surface area contributed by atoms with Gasteiger partial charge in [-0.25, -0.2) is 14.4 Å². The van der Waals surface area contributed by atoms with Crippen molar-refractivity contribution in [3.8, 4) is 0 Å². The lowest BCUT2D eigenvalue weighted by molar-refractivity contribution is -0.120. The first-order chi connectivity index (χ1) is 19.8. The summed E-state index contributed by atoms with van der Waals surface area (Å²) in [4.78, 5) is 39.5. The summed E-state index contributed by atoms with van der Waals surface area (Å²) in [5.74, 6) is -0.224. The van der Waals surface area contributed by atoms with Crippen molar-refractivity contribution in [1.82, 2.24) is 14.6 Å². The van der Waals surface area contributed by atoms with Gasteiger partial charge in [-0.2, -0.15) is 4.98 Å². The topological polar surface area (TPSA) is 199 Å². The van der Waals surface area contributed by atoms with Gasteiger partial charge in [0.2, 0.25) is 5.91 Å². The number of aliphatic hydroxyl groups excluding tert-OH is 3. The molecular weight excluding hydrogens is 591 g/mol. The zero-order valence-corrected chi connectivity index (χ0v) is 25.7. The Morgan fingerprint density at radius 1 is 1.17 bits per heavy atom. The number of carbonyl (C=O) groups is 2. The fourth-order valence-electron chi connectivity index (χ4n) is 3.14. The van der Waals surface area contributed by atoms with E-state index in [9.17, 15) is 34.3 Å². The third kappa shape index (κ3) is 12.0. The van der Waals surface area contributed by atoms with E-state index < -0.39 is 56.4 Å². The minimum Gasteiger partial charge on any atom is -0.395 e. The largest absolute Gasteiger partial charge is 0.405 e. The maximum absolute atomic E-state index is 13.6. The van der Waals surface area contributed by atoms with E-state index in [1.165, 1.54) is 26.1 Å². The molecule has 0 fully saturated rings. The second-order valence-electron chi connectivity index (χ2n) is 9.94. The van der Waals surface area contributed by atoms with E-state index >= 15 is 0 Å². The lowest BCUT2D eigenvalue weighted by Gasteiger charge is -2.27. The van der Waals surface area contributed by atoms with Crippen LogP contribution in [0.4, 0.5) is 5.82 Å². The van der Waals surface area contributed by atoms with Crippen LogP contribution in [-0.4, -0.2) is 79.8 Å². The summed E-state index contributed by atoms with van der Waals surface area (Å²) in [7, 11) is -4.06. The van der Waals surface area contributed by atoms with E-state index in [1.54, 1.807) is 38.1 Å². The summed E-state index contributed by atoms with van der Waals surface area (Å²) in [6.45, 7) is 4.51. The molecular formula is C26H39N4O10PS. The van der Waals surface area contributed by atoms with Crippen molar-refractivity contribution in [2.24, 2.45) is 5.41 Å². The van der Waals surface area contributed by atoms with Crippen LogP contribution < -0.4 is 16.1 Å². The molecule has 5 N–H and O–H groups in total. The van der Waals surface area contributed by atoms with Gasteiger partial charge in [0.15, 0.2) is 5.12 Å². The Kier molecular flexibility index (Phi) is 14.5. The highest BCUT2D eigenvalue weighted by atomic mass is 32.2. The number of ether oxygens (including phenoxy) is 1. The van der Waals surface area contributed by atoms with E-state index in [0.29, 0.717) is 0 Å². The molecule has 0 saturated carbocycles. The van der Waals surface area contributed by atoms with Crippen molar-refractivity contribution in [1.29, 1.82) is 0 Å². The van der Waals surface area contributed by atoms with Crippen molar-refractivity contribution < 1.29 is 43.3 Å². The van der Waals surface area contributed by atoms with Crippen LogP contribution in [0.5, 0.6) is 0 Å². The fraction of sp³-hybridized carbons (Fsp3) is 0.538. The number of nitrogens with one attached hydrogen (secondary N) is 2. The predicted molar refractivity (Wildman–Crippen MR) is 156 cm³/mol. The number of aromatic nitrogens is 2. The van der Waals surface area contributed by atoms with Crippen molar-refractivity contribution in [3.05, 3.63) is 58.6 Å². The fourth-order valence-corrected chi connectivity index (χ4v) is 5.38. The minimum atomic E-state index is -4.06. The number of carbonyl (C=O) groups excluding carboxylic acids is 2. The molecule has 0 spiro atoms. The van der Waals surface area contributed by atoms with E-state index in [1.807, 2.05) is 6.07 Å². The molecule has 1 aromatic carbocycles. The molecule has 0 aliphatic rings. The number of rotatable bonds is 18. The van der Waals surface area contributed by atoms with Crippen LogP contribution in [-0.2, 0) is 41.2 Å². The quantitative estimate of drug-likeness (QED) is 0.117. The lowest BCUT2D eigenvalue weighted by atomic mass is 9.97. The van der Waals surface area contributed by atoms with Gasteiger partial charge in [0.25, 0.3) is 0 Å². The van der Waals surface area contributed by atoms with E-state index in [4.69, 9.17) is 13.8 Å². The summed E-state index contributed by atoms with van der Waals surface area (Å²) in [5.41, 5.74) is -0.909. The Labute approximate surface area is 248 Å². The van der Waals surface area contributed by atoms with Gasteiger partial charge < -0.3 is 25.4 Å². The van der Waals surface area contributed by atoms with Gasteiger partial charge in [0, 0.05) is 25.4 Å². The Balaban J connectivity index is 2.11. The molecule has 1 amide bonds. The lowest BCUT2D eigenvalue weighted by Crippen LogP contribution is -2.42. The molecule has 0 aliphatic carbocycles. The molecule has 3 unspecified atom stereocenters. The summed E-state index contributed by atoms with van der Waals surface area (Å²) in [6.07, 6.45) is -2.71. The molecule has 2 aromatic rings. The molecule has 42 heavy (non-hydrogen) atoms. The highest BCUT2D eigenvalue weighted by Crippen LogP contribution is 2.44. The van der Waals surface area contributed by atoms with Gasteiger partial charge in [0.1, 0.15) is 24.8 Å². The highest BCUT2D eigenvalue weighted by Gasteiger charge is 2.32. The van der Waals surface area contributed by atoms with Crippen LogP contribution in [0.3, 0.4) is 0 Å². The van der Waals surface area contributed by atoms with Gasteiger partial charge in [-0.1, -0.05) is 42.1 Å². The van der Waals surface area contributed by atoms with E-state index in [2.05, 4.69) is 15.4 Å². The number of anilines is 1. The van der Waals surface area contributed by atoms with E-state index in [-0.39, 0.29) is 36.4 Å². The Hall–Kier alpha value is -2.46. The van der Waals surface area contributed by atoms with Crippen molar-refractivity contribution in [2.45, 2.75) is 59.3 Å². The van der Waals surface area contributed by atoms with Gasteiger partial charge >= 0.3 is 13.4 Å². The van der Waals surface area contributed by atoms with Crippen LogP contribution >= 0.6 is 19.5 Å². The number of hydrogen-bond acceptors (Lipinski definition) is 12. The molecule has 234 valence electrons. The standard InChI is InChI=1S/C26H39N4O10PS/c1-18(32)23(34)21(38-17-30-11-10-22(28-19(2)33)29-25(30)36)15-40-41(37,27-14-20-8-6-5-7-9-20)39-12-13-42-24(35)26(3,4)16-31/h5-11,18,21,23,31-32,34H,12-17H2,1-4H3,(H,27,37)(H,28,29,33,36)/t18?,21-,23?,41?/m1/s1. The van der Waals surface area contributed by atoms with Crippen molar-refractivity contribution in [2.75, 3.05) is 30.9 Å². The summed E-state index contributed by atoms with van der Waals surface area (Å²) in [5, 5.41) is 34.8. The Bertz CT molecular complexity index is 1260. The highest BCUT2D eigenvalue weighted by molar-refractivity contribution is 8.13. The van der Waals surface area contributed by atoms with Gasteiger partial charge in [0.05, 0.1) is 31.3 Å². The molecule has 2 rings (SSSR count). The van der Waals surface area contributed by atoms with Crippen LogP contribution in [0.25, 0.3) is 0 Å². The molecule has 1 aromatic heterocycles. The van der Waals surface area contributed by atoms with Gasteiger partial charge in [-0.05, 0) is 32.4 Å². The maximum Gasteiger partial charge on any atom is 0.405 e. The third-order valence-corrected chi connectivity index (χ3v) is 8.48. The SMILES string of the molecule is CC(=O)Nc1ccn(CO[C@H](COP(=O)(NCc2ccccc2)OCCSC(=O)C(C)(C)CO)C(O)C(C)O)c(=O)n1. The zero-order valence-electron chi connectivity index (χ0n) is 24.0. The average Bonchev–Trinajstić information content (AvgIpc) is 2.95. The van der Waals surface area contributed by atoms with Crippen molar-refractivity contribution in [3.63, 3.8) is 0 Å². The molecule has 0 saturated heterocycles. The summed E-state index contributed by atoms with van der Waals surface area (Å²) in [6, 6.07) is 10.4. The van der Waals surface area contributed by atoms with Gasteiger partial charge in [-0.3, -0.25) is 23.2 Å². The minimum absolute atomic E-state index is 0.0509. The first-order valence-electron chi connectivity index (χ1n) is 13.1. The Morgan fingerprint density at radius 3 is 2.45 bits per heavy atom. The molecule has 0 radical (unpaired) electrons. The van der Waals surface area contributed by atoms with Crippen LogP contribution in [0.15, 0.2) is 47.4 Å². The normalized spacial score (nSPS) is 15.4. The molecule has 0 aliphatic heterocycles. The summed E-state index contributed by atoms with van der Waals surface area (Å²) >= 11 is 0.920. The number of hydrogen-bond donors (Lipinski definition) is 5. The average molecular weight is 631 g/mol. The van der Waals surface area contributed by atoms with Crippen LogP contribution in [0.1, 0.15) is 33.3 Å². The van der Waals surface area contributed by atoms with E-state index in [0.717, 1.165) is 21.9 Å². The van der Waals surface area contributed by atoms with Gasteiger partial charge in [-0.15, -0.1) is 0 Å². The number of aliphatic hydroxyl groups is 3.